The van der Waals surface area contributed by atoms with Crippen molar-refractivity contribution in [3.63, 3.8) is 0 Å². The van der Waals surface area contributed by atoms with Crippen LogP contribution in [0.25, 0.3) is 16.4 Å². The summed E-state index contributed by atoms with van der Waals surface area (Å²) in [6.07, 6.45) is 4.24. The second-order valence-corrected chi connectivity index (χ2v) is 8.51. The Morgan fingerprint density at radius 2 is 2.07 bits per heavy atom. The Morgan fingerprint density at radius 1 is 1.21 bits per heavy atom. The van der Waals surface area contributed by atoms with Gasteiger partial charge in [-0.15, -0.1) is 21.5 Å². The molecule has 1 aliphatic rings. The second-order valence-electron chi connectivity index (χ2n) is 6.52. The Bertz CT molecular complexity index is 1230. The van der Waals surface area contributed by atoms with Crippen molar-refractivity contribution in [3.8, 4) is 11.5 Å². The van der Waals surface area contributed by atoms with Gasteiger partial charge in [-0.25, -0.2) is 9.37 Å². The molecule has 0 amide bonds. The van der Waals surface area contributed by atoms with Gasteiger partial charge in [0.15, 0.2) is 4.96 Å². The van der Waals surface area contributed by atoms with Gasteiger partial charge in [0.05, 0.1) is 11.3 Å². The van der Waals surface area contributed by atoms with Crippen molar-refractivity contribution in [3.05, 3.63) is 62.8 Å². The summed E-state index contributed by atoms with van der Waals surface area (Å²) < 4.78 is 21.1. The first-order valence-corrected chi connectivity index (χ1v) is 10.7. The van der Waals surface area contributed by atoms with E-state index < -0.39 is 5.82 Å². The Kier molecular flexibility index (Phi) is 4.48. The first kappa shape index (κ1) is 17.6. The summed E-state index contributed by atoms with van der Waals surface area (Å²) in [6, 6.07) is 7.82. The third kappa shape index (κ3) is 3.14. The van der Waals surface area contributed by atoms with E-state index in [2.05, 4.69) is 15.2 Å². The molecule has 0 fully saturated rings. The van der Waals surface area contributed by atoms with E-state index in [1.807, 2.05) is 0 Å². The van der Waals surface area contributed by atoms with Crippen LogP contribution in [0.5, 0.6) is 0 Å². The van der Waals surface area contributed by atoms with Gasteiger partial charge in [-0.2, -0.15) is 0 Å². The quantitative estimate of drug-likeness (QED) is 0.468. The molecule has 0 spiro atoms. The largest absolute Gasteiger partial charge is 0.411 e. The van der Waals surface area contributed by atoms with Crippen molar-refractivity contribution >= 4 is 28.1 Å². The van der Waals surface area contributed by atoms with E-state index in [-0.39, 0.29) is 17.0 Å². The number of rotatable bonds is 4. The molecule has 3 heterocycles. The van der Waals surface area contributed by atoms with Gasteiger partial charge in [-0.3, -0.25) is 9.20 Å². The highest BCUT2D eigenvalue weighted by molar-refractivity contribution is 7.98. The van der Waals surface area contributed by atoms with Crippen LogP contribution >= 0.6 is 23.1 Å². The van der Waals surface area contributed by atoms with Crippen LogP contribution in [0.3, 0.4) is 0 Å². The molecule has 4 aromatic rings. The number of hydrogen-bond acceptors (Lipinski definition) is 7. The van der Waals surface area contributed by atoms with Gasteiger partial charge < -0.3 is 4.42 Å². The molecule has 0 saturated heterocycles. The van der Waals surface area contributed by atoms with Crippen LogP contribution in [-0.2, 0) is 18.6 Å². The maximum absolute atomic E-state index is 13.8. The molecular formula is C19H15FN4O2S2. The highest BCUT2D eigenvalue weighted by atomic mass is 32.2. The molecule has 142 valence electrons. The minimum absolute atomic E-state index is 0.0439. The maximum Gasteiger partial charge on any atom is 0.277 e. The lowest BCUT2D eigenvalue weighted by atomic mass is 10.0. The predicted octanol–water partition coefficient (Wildman–Crippen LogP) is 4.12. The highest BCUT2D eigenvalue weighted by Gasteiger charge is 2.19. The normalized spacial score (nSPS) is 13.8. The van der Waals surface area contributed by atoms with Crippen molar-refractivity contribution in [2.75, 3.05) is 0 Å². The summed E-state index contributed by atoms with van der Waals surface area (Å²) in [6.45, 7) is 0. The fourth-order valence-electron chi connectivity index (χ4n) is 3.36. The zero-order valence-corrected chi connectivity index (χ0v) is 16.4. The summed E-state index contributed by atoms with van der Waals surface area (Å²) in [5.41, 5.74) is 2.01. The fourth-order valence-corrected chi connectivity index (χ4v) is 5.25. The van der Waals surface area contributed by atoms with Gasteiger partial charge in [0.1, 0.15) is 5.82 Å². The lowest BCUT2D eigenvalue weighted by molar-refractivity contribution is 0.462. The number of halogens is 1. The standard InChI is InChI=1S/C19H15FN4O2S2/c20-13-6-2-1-5-12(13)17-22-23-19(26-17)27-10-11-9-16(25)24-14-7-3-4-8-15(14)28-18(24)21-11/h1-2,5-6,9H,3-4,7-8,10H2. The van der Waals surface area contributed by atoms with Crippen molar-refractivity contribution in [2.24, 2.45) is 0 Å². The zero-order chi connectivity index (χ0) is 19.1. The van der Waals surface area contributed by atoms with Gasteiger partial charge in [0.25, 0.3) is 16.7 Å². The van der Waals surface area contributed by atoms with Crippen molar-refractivity contribution in [1.29, 1.82) is 0 Å². The average molecular weight is 414 g/mol. The van der Waals surface area contributed by atoms with Gasteiger partial charge in [0.2, 0.25) is 0 Å². The van der Waals surface area contributed by atoms with Crippen LogP contribution in [0.15, 0.2) is 44.8 Å². The molecule has 9 heteroatoms. The van der Waals surface area contributed by atoms with Crippen molar-refractivity contribution < 1.29 is 8.81 Å². The number of nitrogens with zero attached hydrogens (tertiary/aromatic N) is 4. The number of aromatic nitrogens is 4. The van der Waals surface area contributed by atoms with Crippen molar-refractivity contribution in [2.45, 2.75) is 36.7 Å². The average Bonchev–Trinajstić information content (AvgIpc) is 3.31. The molecule has 6 nitrogen and oxygen atoms in total. The van der Waals surface area contributed by atoms with E-state index in [0.29, 0.717) is 16.7 Å². The summed E-state index contributed by atoms with van der Waals surface area (Å²) in [5.74, 6) is 0.146. The minimum atomic E-state index is -0.412. The molecule has 1 aromatic carbocycles. The summed E-state index contributed by atoms with van der Waals surface area (Å²) >= 11 is 2.88. The fraction of sp³-hybridized carbons (Fsp3) is 0.263. The van der Waals surface area contributed by atoms with Crippen LogP contribution in [0.1, 0.15) is 29.1 Å². The number of benzene rings is 1. The van der Waals surface area contributed by atoms with E-state index in [9.17, 15) is 9.18 Å². The zero-order valence-electron chi connectivity index (χ0n) is 14.7. The van der Waals surface area contributed by atoms with Crippen LogP contribution in [0.2, 0.25) is 0 Å². The lowest BCUT2D eigenvalue weighted by Gasteiger charge is -2.09. The van der Waals surface area contributed by atoms with Crippen LogP contribution in [-0.4, -0.2) is 19.6 Å². The Balaban J connectivity index is 1.38. The van der Waals surface area contributed by atoms with E-state index >= 15 is 0 Å². The number of fused-ring (bicyclic) bond motifs is 3. The third-order valence-corrected chi connectivity index (χ3v) is 6.66. The monoisotopic (exact) mass is 414 g/mol. The molecule has 0 bridgehead atoms. The second kappa shape index (κ2) is 7.14. The van der Waals surface area contributed by atoms with Crippen LogP contribution < -0.4 is 5.56 Å². The lowest BCUT2D eigenvalue weighted by Crippen LogP contribution is -2.17. The molecule has 1 aliphatic carbocycles. The number of hydrogen-bond donors (Lipinski definition) is 0. The molecule has 0 saturated carbocycles. The summed E-state index contributed by atoms with van der Waals surface area (Å²) in [4.78, 5) is 19.3. The molecule has 5 rings (SSSR count). The van der Waals surface area contributed by atoms with E-state index in [1.165, 1.54) is 29.1 Å². The summed E-state index contributed by atoms with van der Waals surface area (Å²) in [7, 11) is 0. The molecule has 0 unspecified atom stereocenters. The first-order chi connectivity index (χ1) is 13.7. The Labute approximate surface area is 167 Å². The first-order valence-electron chi connectivity index (χ1n) is 8.93. The highest BCUT2D eigenvalue weighted by Crippen LogP contribution is 2.30. The maximum atomic E-state index is 13.8. The molecule has 28 heavy (non-hydrogen) atoms. The Hall–Kier alpha value is -2.52. The van der Waals surface area contributed by atoms with Gasteiger partial charge >= 0.3 is 0 Å². The minimum Gasteiger partial charge on any atom is -0.411 e. The molecule has 0 atom stereocenters. The number of aryl methyl sites for hydroxylation is 2. The molecule has 3 aromatic heterocycles. The molecule has 0 aliphatic heterocycles. The van der Waals surface area contributed by atoms with Crippen LogP contribution in [0, 0.1) is 5.82 Å². The van der Waals surface area contributed by atoms with Crippen LogP contribution in [0.4, 0.5) is 4.39 Å². The molecule has 0 N–H and O–H groups in total. The van der Waals surface area contributed by atoms with E-state index in [0.717, 1.165) is 29.9 Å². The number of thioether (sulfide) groups is 1. The SMILES string of the molecule is O=c1cc(CSc2nnc(-c3ccccc3F)o2)nc2sc3c(n12)CCCC3. The molecular weight excluding hydrogens is 399 g/mol. The smallest absolute Gasteiger partial charge is 0.277 e. The number of thiazole rings is 1. The van der Waals surface area contributed by atoms with E-state index in [4.69, 9.17) is 4.42 Å². The van der Waals surface area contributed by atoms with E-state index in [1.54, 1.807) is 40.0 Å². The van der Waals surface area contributed by atoms with Gasteiger partial charge in [-0.05, 0) is 37.8 Å². The predicted molar refractivity (Wildman–Crippen MR) is 105 cm³/mol. The summed E-state index contributed by atoms with van der Waals surface area (Å²) in [5, 5.41) is 8.18. The third-order valence-electron chi connectivity index (χ3n) is 4.67. The van der Waals surface area contributed by atoms with Crippen molar-refractivity contribution in [1.82, 2.24) is 19.6 Å². The molecule has 0 radical (unpaired) electrons. The topological polar surface area (TPSA) is 73.3 Å². The Morgan fingerprint density at radius 3 is 2.96 bits per heavy atom. The van der Waals surface area contributed by atoms with Gasteiger partial charge in [0, 0.05) is 22.4 Å². The van der Waals surface area contributed by atoms with Gasteiger partial charge in [-0.1, -0.05) is 23.9 Å².